The molecule has 0 amide bonds. The molecule has 0 radical (unpaired) electrons. The van der Waals surface area contributed by atoms with E-state index in [9.17, 15) is 0 Å². The van der Waals surface area contributed by atoms with Gasteiger partial charge in [0.1, 0.15) is 0 Å². The summed E-state index contributed by atoms with van der Waals surface area (Å²) < 4.78 is 24.9. The highest BCUT2D eigenvalue weighted by Crippen LogP contribution is 2.42. The Morgan fingerprint density at radius 3 is 1.71 bits per heavy atom. The largest absolute Gasteiger partial charge is 0.469 e. The highest BCUT2D eigenvalue weighted by molar-refractivity contribution is 6.48. The van der Waals surface area contributed by atoms with Crippen LogP contribution in [0.3, 0.4) is 0 Å². The molecule has 1 aromatic carbocycles. The molecule has 2 heterocycles. The van der Waals surface area contributed by atoms with Crippen molar-refractivity contribution >= 4 is 14.2 Å². The van der Waals surface area contributed by atoms with Crippen molar-refractivity contribution in [1.29, 1.82) is 0 Å². The maximum atomic E-state index is 6.33. The van der Waals surface area contributed by atoms with E-state index in [1.54, 1.807) is 0 Å². The number of hydrogen-bond donors (Lipinski definition) is 0. The van der Waals surface area contributed by atoms with Gasteiger partial charge >= 0.3 is 14.2 Å². The molecule has 2 saturated heterocycles. The number of rotatable bonds is 5. The fraction of sp³-hybridized carbons (Fsp3) is 0.636. The van der Waals surface area contributed by atoms with Crippen molar-refractivity contribution in [2.24, 2.45) is 0 Å². The molecule has 3 rings (SSSR count). The zero-order chi connectivity index (χ0) is 20.8. The van der Waals surface area contributed by atoms with Crippen molar-refractivity contribution in [2.45, 2.75) is 89.9 Å². The van der Waals surface area contributed by atoms with Gasteiger partial charge in [-0.05, 0) is 61.0 Å². The Morgan fingerprint density at radius 1 is 0.750 bits per heavy atom. The molecular formula is C22H34B2O4. The monoisotopic (exact) mass is 384 g/mol. The van der Waals surface area contributed by atoms with Crippen LogP contribution in [0.1, 0.15) is 66.8 Å². The third-order valence-corrected chi connectivity index (χ3v) is 6.72. The van der Waals surface area contributed by atoms with Crippen LogP contribution in [-0.2, 0) is 18.6 Å². The van der Waals surface area contributed by atoms with E-state index in [1.165, 1.54) is 5.56 Å². The second-order valence-corrected chi connectivity index (χ2v) is 9.91. The molecule has 0 unspecified atom stereocenters. The highest BCUT2D eigenvalue weighted by Gasteiger charge is 2.54. The Kier molecular flexibility index (Phi) is 5.65. The summed E-state index contributed by atoms with van der Waals surface area (Å²) in [6, 6.07) is 10.4. The smallest absolute Gasteiger partial charge is 0.403 e. The fourth-order valence-corrected chi connectivity index (χ4v) is 3.47. The van der Waals surface area contributed by atoms with Gasteiger partial charge in [-0.1, -0.05) is 42.5 Å². The van der Waals surface area contributed by atoms with Crippen LogP contribution in [0.2, 0.25) is 6.32 Å². The van der Waals surface area contributed by atoms with Gasteiger partial charge in [-0.2, -0.15) is 0 Å². The van der Waals surface area contributed by atoms with E-state index < -0.39 is 0 Å². The van der Waals surface area contributed by atoms with Gasteiger partial charge in [0.2, 0.25) is 0 Å². The summed E-state index contributed by atoms with van der Waals surface area (Å²) in [5, 5.41) is 0. The molecule has 0 aliphatic carbocycles. The molecule has 0 bridgehead atoms. The van der Waals surface area contributed by atoms with E-state index in [-0.39, 0.29) is 42.5 Å². The Bertz CT molecular complexity index is 681. The van der Waals surface area contributed by atoms with Gasteiger partial charge in [0, 0.05) is 12.1 Å². The summed E-state index contributed by atoms with van der Waals surface area (Å²) in [5.74, 6) is 0.00433. The van der Waals surface area contributed by atoms with Crippen LogP contribution in [-0.4, -0.2) is 36.6 Å². The van der Waals surface area contributed by atoms with Crippen molar-refractivity contribution < 1.29 is 18.6 Å². The zero-order valence-corrected chi connectivity index (χ0v) is 18.6. The second kappa shape index (κ2) is 7.32. The third-order valence-electron chi connectivity index (χ3n) is 6.72. The molecule has 2 aliphatic rings. The summed E-state index contributed by atoms with van der Waals surface area (Å²) in [6.45, 7) is 16.7. The first-order valence-corrected chi connectivity index (χ1v) is 10.3. The molecule has 6 heteroatoms. The molecule has 2 fully saturated rings. The van der Waals surface area contributed by atoms with Crippen molar-refractivity contribution in [2.75, 3.05) is 0 Å². The van der Waals surface area contributed by atoms with E-state index >= 15 is 0 Å². The lowest BCUT2D eigenvalue weighted by Gasteiger charge is -2.32. The number of allylic oxidation sites excluding steroid dienone is 2. The molecule has 1 atom stereocenters. The topological polar surface area (TPSA) is 36.9 Å². The molecule has 4 nitrogen and oxygen atoms in total. The lowest BCUT2D eigenvalue weighted by Crippen LogP contribution is -2.41. The molecule has 28 heavy (non-hydrogen) atoms. The van der Waals surface area contributed by atoms with Crippen LogP contribution in [0.25, 0.3) is 0 Å². The summed E-state index contributed by atoms with van der Waals surface area (Å²) in [4.78, 5) is 0. The van der Waals surface area contributed by atoms with Crippen molar-refractivity contribution in [1.82, 2.24) is 0 Å². The van der Waals surface area contributed by atoms with Gasteiger partial charge in [0.05, 0.1) is 22.4 Å². The number of benzene rings is 1. The van der Waals surface area contributed by atoms with Crippen LogP contribution >= 0.6 is 0 Å². The normalized spacial score (nSPS) is 26.1. The average Bonchev–Trinajstić information content (AvgIpc) is 2.91. The lowest BCUT2D eigenvalue weighted by molar-refractivity contribution is 0.00578. The summed E-state index contributed by atoms with van der Waals surface area (Å²) >= 11 is 0. The van der Waals surface area contributed by atoms with Crippen molar-refractivity contribution in [3.63, 3.8) is 0 Å². The predicted octanol–water partition coefficient (Wildman–Crippen LogP) is 5.05. The van der Waals surface area contributed by atoms with Gasteiger partial charge < -0.3 is 18.6 Å². The number of hydrogen-bond acceptors (Lipinski definition) is 4. The zero-order valence-electron chi connectivity index (χ0n) is 18.6. The van der Waals surface area contributed by atoms with Crippen molar-refractivity contribution in [3.8, 4) is 0 Å². The fourth-order valence-electron chi connectivity index (χ4n) is 3.47. The summed E-state index contributed by atoms with van der Waals surface area (Å²) in [5.41, 5.74) is -0.160. The molecule has 2 aliphatic heterocycles. The minimum absolute atomic E-state index is 0.00433. The molecule has 1 aromatic rings. The van der Waals surface area contributed by atoms with Gasteiger partial charge in [0.15, 0.2) is 0 Å². The highest BCUT2D eigenvalue weighted by atomic mass is 16.7. The molecule has 0 aromatic heterocycles. The molecule has 0 N–H and O–H groups in total. The van der Waals surface area contributed by atoms with E-state index in [0.29, 0.717) is 6.32 Å². The molecular weight excluding hydrogens is 350 g/mol. The SMILES string of the molecule is CC1(C)OB(C/C=C\[C@H](B2OC(C)(C)C(C)(C)O2)c2ccccc2)OC1(C)C. The Balaban J connectivity index is 1.76. The first-order chi connectivity index (χ1) is 12.8. The van der Waals surface area contributed by atoms with Crippen molar-refractivity contribution in [3.05, 3.63) is 48.0 Å². The van der Waals surface area contributed by atoms with Crippen LogP contribution in [0.15, 0.2) is 42.5 Å². The maximum absolute atomic E-state index is 6.33. The standard InChI is InChI=1S/C22H34B2O4/c1-19(2)20(3,4)26-23(25-19)16-12-15-18(17-13-10-9-11-14-17)24-27-21(5,6)22(7,8)28-24/h9-15,18H,16H2,1-8H3/b15-12-/t18-/m0/s1. The summed E-state index contributed by atoms with van der Waals surface area (Å²) in [7, 11) is -0.571. The van der Waals surface area contributed by atoms with E-state index in [1.807, 2.05) is 6.07 Å². The first kappa shape index (κ1) is 21.6. The average molecular weight is 384 g/mol. The molecule has 0 saturated carbocycles. The van der Waals surface area contributed by atoms with Gasteiger partial charge in [-0.15, -0.1) is 0 Å². The third kappa shape index (κ3) is 4.11. The lowest BCUT2D eigenvalue weighted by atomic mass is 9.67. The van der Waals surface area contributed by atoms with Gasteiger partial charge in [0.25, 0.3) is 0 Å². The van der Waals surface area contributed by atoms with E-state index in [0.717, 1.165) is 0 Å². The second-order valence-electron chi connectivity index (χ2n) is 9.91. The predicted molar refractivity (Wildman–Crippen MR) is 115 cm³/mol. The quantitative estimate of drug-likeness (QED) is 0.526. The van der Waals surface area contributed by atoms with E-state index in [2.05, 4.69) is 91.8 Å². The maximum Gasteiger partial charge on any atom is 0.469 e. The Hall–Kier alpha value is -1.07. The summed E-state index contributed by atoms with van der Waals surface area (Å²) in [6.07, 6.45) is 4.99. The van der Waals surface area contributed by atoms with Crippen LogP contribution < -0.4 is 0 Å². The van der Waals surface area contributed by atoms with Gasteiger partial charge in [-0.3, -0.25) is 0 Å². The van der Waals surface area contributed by atoms with Crippen LogP contribution in [0.4, 0.5) is 0 Å². The van der Waals surface area contributed by atoms with Crippen LogP contribution in [0.5, 0.6) is 0 Å². The Morgan fingerprint density at radius 2 is 1.21 bits per heavy atom. The minimum atomic E-state index is -0.357. The Labute approximate surface area is 171 Å². The minimum Gasteiger partial charge on any atom is -0.403 e. The van der Waals surface area contributed by atoms with Gasteiger partial charge in [-0.25, -0.2) is 0 Å². The first-order valence-electron chi connectivity index (χ1n) is 10.3. The van der Waals surface area contributed by atoms with Crippen LogP contribution in [0, 0.1) is 0 Å². The molecule has 152 valence electrons. The molecule has 0 spiro atoms. The van der Waals surface area contributed by atoms with E-state index in [4.69, 9.17) is 18.6 Å².